The largest absolute Gasteiger partial charge is 0.423 e. The first kappa shape index (κ1) is 18.1. The molecule has 0 saturated carbocycles. The van der Waals surface area contributed by atoms with Crippen molar-refractivity contribution in [3.63, 3.8) is 0 Å². The maximum Gasteiger partial charge on any atom is 0.417 e. The second kappa shape index (κ2) is 6.68. The Labute approximate surface area is 162 Å². The van der Waals surface area contributed by atoms with Crippen molar-refractivity contribution in [2.24, 2.45) is 0 Å². The van der Waals surface area contributed by atoms with Crippen LogP contribution in [-0.2, 0) is 11.9 Å². The molecule has 0 spiro atoms. The van der Waals surface area contributed by atoms with Crippen molar-refractivity contribution in [1.29, 1.82) is 0 Å². The highest BCUT2D eigenvalue weighted by atomic mass is 79.9. The van der Waals surface area contributed by atoms with Gasteiger partial charge in [-0.05, 0) is 35.9 Å². The maximum absolute atomic E-state index is 12.9. The summed E-state index contributed by atoms with van der Waals surface area (Å²) >= 11 is 4.51. The minimum Gasteiger partial charge on any atom is -0.423 e. The lowest BCUT2D eigenvalue weighted by molar-refractivity contribution is -0.137. The number of hydrogen-bond donors (Lipinski definition) is 0. The molecule has 0 aliphatic heterocycles. The van der Waals surface area contributed by atoms with E-state index in [0.29, 0.717) is 27.7 Å². The number of benzene rings is 1. The number of halogens is 4. The number of nitrogens with zero attached hydrogens (tertiary/aromatic N) is 3. The van der Waals surface area contributed by atoms with Crippen LogP contribution in [0, 0.1) is 0 Å². The van der Waals surface area contributed by atoms with Gasteiger partial charge in [-0.1, -0.05) is 27.7 Å². The number of thioether (sulfide) groups is 1. The van der Waals surface area contributed by atoms with Gasteiger partial charge < -0.3 is 4.42 Å². The molecule has 4 aromatic rings. The minimum absolute atomic E-state index is 0.301. The molecule has 0 aliphatic carbocycles. The number of pyridine rings is 1. The van der Waals surface area contributed by atoms with Gasteiger partial charge in [-0.2, -0.15) is 13.2 Å². The monoisotopic (exact) mass is 455 g/mol. The van der Waals surface area contributed by atoms with Crippen molar-refractivity contribution >= 4 is 44.3 Å². The van der Waals surface area contributed by atoms with Crippen molar-refractivity contribution in [3.8, 4) is 0 Å². The SMILES string of the molecule is O=c1cc(CSc2nnc3ccc(C(F)(F)F)cn23)c2ccc(Br)cc2o1. The molecule has 1 aromatic carbocycles. The van der Waals surface area contributed by atoms with Crippen molar-refractivity contribution in [1.82, 2.24) is 14.6 Å². The fourth-order valence-corrected chi connectivity index (χ4v) is 3.85. The summed E-state index contributed by atoms with van der Waals surface area (Å²) < 4.78 is 46.1. The number of aromatic nitrogens is 3. The Morgan fingerprint density at radius 1 is 1.15 bits per heavy atom. The highest BCUT2D eigenvalue weighted by Gasteiger charge is 2.31. The van der Waals surface area contributed by atoms with Gasteiger partial charge in [-0.3, -0.25) is 4.40 Å². The lowest BCUT2D eigenvalue weighted by Crippen LogP contribution is -2.06. The van der Waals surface area contributed by atoms with Crippen LogP contribution in [0.2, 0.25) is 0 Å². The Morgan fingerprint density at radius 2 is 1.96 bits per heavy atom. The van der Waals surface area contributed by atoms with Crippen molar-refractivity contribution in [2.45, 2.75) is 17.1 Å². The molecule has 0 aliphatic rings. The van der Waals surface area contributed by atoms with E-state index >= 15 is 0 Å². The second-order valence-electron chi connectivity index (χ2n) is 5.65. The number of hydrogen-bond acceptors (Lipinski definition) is 5. The summed E-state index contributed by atoms with van der Waals surface area (Å²) in [6, 6.07) is 8.91. The zero-order chi connectivity index (χ0) is 19.2. The van der Waals surface area contributed by atoms with E-state index in [-0.39, 0.29) is 0 Å². The van der Waals surface area contributed by atoms with Gasteiger partial charge in [0.1, 0.15) is 5.58 Å². The van der Waals surface area contributed by atoms with Gasteiger partial charge in [0, 0.05) is 27.9 Å². The van der Waals surface area contributed by atoms with E-state index in [4.69, 9.17) is 4.42 Å². The summed E-state index contributed by atoms with van der Waals surface area (Å²) in [5, 5.41) is 8.88. The average Bonchev–Trinajstić information content (AvgIpc) is 3.00. The summed E-state index contributed by atoms with van der Waals surface area (Å²) in [5.74, 6) is 0.320. The van der Waals surface area contributed by atoms with Gasteiger partial charge in [0.15, 0.2) is 10.8 Å². The quantitative estimate of drug-likeness (QED) is 0.324. The molecule has 0 unspecified atom stereocenters. The van der Waals surface area contributed by atoms with E-state index in [1.807, 2.05) is 12.1 Å². The predicted molar refractivity (Wildman–Crippen MR) is 97.7 cm³/mol. The first-order chi connectivity index (χ1) is 12.8. The van der Waals surface area contributed by atoms with Crippen molar-refractivity contribution in [3.05, 3.63) is 68.6 Å². The van der Waals surface area contributed by atoms with Crippen LogP contribution in [0.3, 0.4) is 0 Å². The zero-order valence-electron chi connectivity index (χ0n) is 13.3. The molecule has 3 heterocycles. The first-order valence-corrected chi connectivity index (χ1v) is 9.36. The lowest BCUT2D eigenvalue weighted by Gasteiger charge is -2.08. The van der Waals surface area contributed by atoms with Crippen LogP contribution in [0.15, 0.2) is 61.4 Å². The van der Waals surface area contributed by atoms with Gasteiger partial charge in [-0.15, -0.1) is 10.2 Å². The van der Waals surface area contributed by atoms with Crippen molar-refractivity contribution < 1.29 is 17.6 Å². The standard InChI is InChI=1S/C17H9BrF3N3O2S/c18-11-2-3-12-9(5-15(25)26-13(12)6-11)8-27-16-23-22-14-4-1-10(7-24(14)16)17(19,20)21/h1-7H,8H2. The third-order valence-electron chi connectivity index (χ3n) is 3.85. The molecule has 10 heteroatoms. The third kappa shape index (κ3) is 3.59. The van der Waals surface area contributed by atoms with Crippen LogP contribution in [0.25, 0.3) is 16.6 Å². The molecule has 0 saturated heterocycles. The molecule has 0 radical (unpaired) electrons. The van der Waals surface area contributed by atoms with Crippen LogP contribution in [0.1, 0.15) is 11.1 Å². The Morgan fingerprint density at radius 3 is 2.74 bits per heavy atom. The fraction of sp³-hybridized carbons (Fsp3) is 0.118. The molecule has 0 atom stereocenters. The Balaban J connectivity index is 1.70. The van der Waals surface area contributed by atoms with E-state index in [2.05, 4.69) is 26.1 Å². The highest BCUT2D eigenvalue weighted by Crippen LogP contribution is 2.31. The number of alkyl halides is 3. The maximum atomic E-state index is 12.9. The summed E-state index contributed by atoms with van der Waals surface area (Å²) in [7, 11) is 0. The molecule has 0 amide bonds. The number of fused-ring (bicyclic) bond motifs is 2. The van der Waals surface area contributed by atoms with Crippen LogP contribution >= 0.6 is 27.7 Å². The average molecular weight is 456 g/mol. The smallest absolute Gasteiger partial charge is 0.417 e. The Bertz CT molecular complexity index is 1220. The van der Waals surface area contributed by atoms with Crippen LogP contribution in [0.4, 0.5) is 13.2 Å². The summed E-state index contributed by atoms with van der Waals surface area (Å²) in [5.41, 5.74) is 0.154. The molecule has 138 valence electrons. The molecular weight excluding hydrogens is 447 g/mol. The van der Waals surface area contributed by atoms with Crippen LogP contribution < -0.4 is 5.63 Å². The van der Waals surface area contributed by atoms with E-state index in [1.165, 1.54) is 28.3 Å². The lowest BCUT2D eigenvalue weighted by atomic mass is 10.1. The Kier molecular flexibility index (Phi) is 4.47. The van der Waals surface area contributed by atoms with Gasteiger partial charge >= 0.3 is 11.8 Å². The number of rotatable bonds is 3. The highest BCUT2D eigenvalue weighted by molar-refractivity contribution is 9.10. The van der Waals surface area contributed by atoms with Crippen LogP contribution in [-0.4, -0.2) is 14.6 Å². The summed E-state index contributed by atoms with van der Waals surface area (Å²) in [6.45, 7) is 0. The minimum atomic E-state index is -4.46. The summed E-state index contributed by atoms with van der Waals surface area (Å²) in [4.78, 5) is 11.8. The Hall–Kier alpha value is -2.33. The second-order valence-corrected chi connectivity index (χ2v) is 7.50. The van der Waals surface area contributed by atoms with E-state index in [9.17, 15) is 18.0 Å². The van der Waals surface area contributed by atoms with Gasteiger partial charge in [0.25, 0.3) is 0 Å². The summed E-state index contributed by atoms with van der Waals surface area (Å²) in [6.07, 6.45) is -3.49. The zero-order valence-corrected chi connectivity index (χ0v) is 15.7. The third-order valence-corrected chi connectivity index (χ3v) is 5.33. The molecule has 4 rings (SSSR count). The molecule has 0 N–H and O–H groups in total. The first-order valence-electron chi connectivity index (χ1n) is 7.58. The molecular formula is C17H9BrF3N3O2S. The van der Waals surface area contributed by atoms with Gasteiger partial charge in [-0.25, -0.2) is 4.79 Å². The van der Waals surface area contributed by atoms with Gasteiger partial charge in [0.2, 0.25) is 0 Å². The molecule has 3 aromatic heterocycles. The van der Waals surface area contributed by atoms with Crippen LogP contribution in [0.5, 0.6) is 0 Å². The molecule has 0 fully saturated rings. The molecule has 27 heavy (non-hydrogen) atoms. The van der Waals surface area contributed by atoms with E-state index < -0.39 is 17.4 Å². The van der Waals surface area contributed by atoms with Crippen molar-refractivity contribution in [2.75, 3.05) is 0 Å². The fourth-order valence-electron chi connectivity index (χ4n) is 2.60. The topological polar surface area (TPSA) is 60.4 Å². The molecule has 0 bridgehead atoms. The van der Waals surface area contributed by atoms with Gasteiger partial charge in [0.05, 0.1) is 5.56 Å². The van der Waals surface area contributed by atoms with E-state index in [0.717, 1.165) is 22.1 Å². The predicted octanol–water partition coefficient (Wildman–Crippen LogP) is 4.91. The van der Waals surface area contributed by atoms with E-state index in [1.54, 1.807) is 6.07 Å². The normalized spacial score (nSPS) is 12.1. The molecule has 5 nitrogen and oxygen atoms in total.